The van der Waals surface area contributed by atoms with Crippen LogP contribution in [0.15, 0.2) is 30.3 Å². The van der Waals surface area contributed by atoms with E-state index in [4.69, 9.17) is 0 Å². The topological polar surface area (TPSA) is 0 Å². The molecule has 0 unspecified atom stereocenters. The predicted molar refractivity (Wildman–Crippen MR) is 76.9 cm³/mol. The summed E-state index contributed by atoms with van der Waals surface area (Å²) in [5, 5.41) is 0. The zero-order valence-electron chi connectivity index (χ0n) is 12.8. The van der Waals surface area contributed by atoms with E-state index in [1.807, 2.05) is 0 Å². The lowest BCUT2D eigenvalue weighted by Gasteiger charge is -2.11. The Morgan fingerprint density at radius 2 is 0.926 bits per heavy atom. The first-order valence-corrected chi connectivity index (χ1v) is 7.10. The van der Waals surface area contributed by atoms with Gasteiger partial charge >= 0.3 is 0 Å². The van der Waals surface area contributed by atoms with Crippen LogP contribution >= 0.6 is 0 Å². The molecule has 0 radical (unpaired) electrons. The maximum absolute atomic E-state index is 13.9. The van der Waals surface area contributed by atoms with Crippen molar-refractivity contribution in [2.45, 2.75) is 0 Å². The Balaban J connectivity index is 2.26. The number of halogens is 9. The average molecular weight is 392 g/mol. The fourth-order valence-electron chi connectivity index (χ4n) is 2.48. The van der Waals surface area contributed by atoms with Gasteiger partial charge in [-0.05, 0) is 23.3 Å². The number of rotatable bonds is 2. The first-order valence-electron chi connectivity index (χ1n) is 7.10. The molecular weight excluding hydrogens is 387 g/mol. The van der Waals surface area contributed by atoms with Crippen LogP contribution in [0, 0.1) is 52.4 Å². The Morgan fingerprint density at radius 3 is 1.52 bits per heavy atom. The Morgan fingerprint density at radius 1 is 0.444 bits per heavy atom. The fourth-order valence-corrected chi connectivity index (χ4v) is 2.48. The van der Waals surface area contributed by atoms with Gasteiger partial charge in [-0.15, -0.1) is 0 Å². The predicted octanol–water partition coefficient (Wildman–Crippen LogP) is 6.27. The summed E-state index contributed by atoms with van der Waals surface area (Å²) in [5.41, 5.74) is -3.08. The fraction of sp³-hybridized carbons (Fsp3) is 0. The molecule has 0 nitrogen and oxygen atoms in total. The van der Waals surface area contributed by atoms with E-state index in [-0.39, 0.29) is 5.56 Å². The van der Waals surface area contributed by atoms with Crippen molar-refractivity contribution in [2.24, 2.45) is 0 Å². The highest BCUT2D eigenvalue weighted by molar-refractivity contribution is 5.74. The van der Waals surface area contributed by atoms with Crippen molar-refractivity contribution in [3.05, 3.63) is 82.7 Å². The van der Waals surface area contributed by atoms with E-state index in [1.165, 1.54) is 0 Å². The minimum absolute atomic E-state index is 0.297. The van der Waals surface area contributed by atoms with Gasteiger partial charge in [-0.25, -0.2) is 39.5 Å². The van der Waals surface area contributed by atoms with Crippen LogP contribution in [0.25, 0.3) is 22.3 Å². The summed E-state index contributed by atoms with van der Waals surface area (Å²) in [6, 6.07) is 4.06. The molecule has 0 heterocycles. The quantitative estimate of drug-likeness (QED) is 0.274. The van der Waals surface area contributed by atoms with Crippen LogP contribution in [-0.2, 0) is 0 Å². The van der Waals surface area contributed by atoms with Gasteiger partial charge in [-0.1, -0.05) is 18.2 Å². The third kappa shape index (κ3) is 2.92. The Kier molecular flexibility index (Phi) is 4.63. The van der Waals surface area contributed by atoms with Crippen LogP contribution < -0.4 is 0 Å². The summed E-state index contributed by atoms with van der Waals surface area (Å²) < 4.78 is 121. The second-order valence-electron chi connectivity index (χ2n) is 5.37. The van der Waals surface area contributed by atoms with E-state index >= 15 is 0 Å². The van der Waals surface area contributed by atoms with Crippen LogP contribution in [0.5, 0.6) is 0 Å². The largest absolute Gasteiger partial charge is 0.204 e. The molecule has 0 fully saturated rings. The molecule has 140 valence electrons. The molecule has 9 heteroatoms. The second-order valence-corrected chi connectivity index (χ2v) is 5.37. The molecule has 0 aliphatic carbocycles. The van der Waals surface area contributed by atoms with Crippen LogP contribution in [-0.4, -0.2) is 0 Å². The molecule has 0 saturated carbocycles. The van der Waals surface area contributed by atoms with Crippen molar-refractivity contribution >= 4 is 0 Å². The zero-order valence-corrected chi connectivity index (χ0v) is 12.8. The monoisotopic (exact) mass is 392 g/mol. The maximum Gasteiger partial charge on any atom is 0.200 e. The maximum atomic E-state index is 13.9. The summed E-state index contributed by atoms with van der Waals surface area (Å²) in [6.45, 7) is 0. The highest BCUT2D eigenvalue weighted by Gasteiger charge is 2.27. The molecule has 0 atom stereocenters. The lowest BCUT2D eigenvalue weighted by atomic mass is 9.97. The van der Waals surface area contributed by atoms with E-state index in [1.54, 1.807) is 0 Å². The first-order chi connectivity index (χ1) is 12.6. The van der Waals surface area contributed by atoms with E-state index < -0.39 is 69.0 Å². The van der Waals surface area contributed by atoms with Gasteiger partial charge in [0.25, 0.3) is 0 Å². The third-order valence-corrected chi connectivity index (χ3v) is 3.77. The molecular formula is C18H5F9. The SMILES string of the molecule is Fc1cc(-c2cccc(-c3c(F)c(F)c(F)c(F)c3F)c2)c(F)c(F)c1F. The molecule has 3 rings (SSSR count). The molecule has 3 aromatic carbocycles. The summed E-state index contributed by atoms with van der Waals surface area (Å²) in [4.78, 5) is 0. The standard InChI is InChI=1S/C18H5F9/c19-9-5-8(11(20)15(24)12(9)21)6-2-1-3-7(4-6)10-13(22)16(25)18(27)17(26)14(10)23/h1-5H. The van der Waals surface area contributed by atoms with Crippen molar-refractivity contribution in [2.75, 3.05) is 0 Å². The molecule has 0 saturated heterocycles. The minimum atomic E-state index is -2.36. The van der Waals surface area contributed by atoms with E-state index in [9.17, 15) is 39.5 Å². The average Bonchev–Trinajstić information content (AvgIpc) is 2.66. The van der Waals surface area contributed by atoms with Crippen molar-refractivity contribution in [1.29, 1.82) is 0 Å². The van der Waals surface area contributed by atoms with Crippen LogP contribution in [0.4, 0.5) is 39.5 Å². The Bertz CT molecular complexity index is 1040. The number of hydrogen-bond acceptors (Lipinski definition) is 0. The normalized spacial score (nSPS) is 11.1. The summed E-state index contributed by atoms with van der Waals surface area (Å²) in [5.74, 6) is -18.7. The molecule has 0 spiro atoms. The van der Waals surface area contributed by atoms with E-state index in [2.05, 4.69) is 0 Å². The smallest absolute Gasteiger partial charge is 0.200 e. The van der Waals surface area contributed by atoms with Crippen molar-refractivity contribution in [3.63, 3.8) is 0 Å². The molecule has 0 N–H and O–H groups in total. The van der Waals surface area contributed by atoms with Crippen molar-refractivity contribution < 1.29 is 39.5 Å². The van der Waals surface area contributed by atoms with Crippen molar-refractivity contribution in [1.82, 2.24) is 0 Å². The van der Waals surface area contributed by atoms with Gasteiger partial charge in [-0.2, -0.15) is 0 Å². The second kappa shape index (κ2) is 6.64. The molecule has 0 bridgehead atoms. The van der Waals surface area contributed by atoms with Crippen LogP contribution in [0.1, 0.15) is 0 Å². The molecule has 0 aliphatic heterocycles. The third-order valence-electron chi connectivity index (χ3n) is 3.77. The molecule has 0 amide bonds. The van der Waals surface area contributed by atoms with Gasteiger partial charge in [0.05, 0.1) is 5.56 Å². The van der Waals surface area contributed by atoms with Crippen LogP contribution in [0.2, 0.25) is 0 Å². The first kappa shape index (κ1) is 18.8. The van der Waals surface area contributed by atoms with Gasteiger partial charge in [0, 0.05) is 5.56 Å². The summed E-state index contributed by atoms with van der Waals surface area (Å²) >= 11 is 0. The van der Waals surface area contributed by atoms with Gasteiger partial charge < -0.3 is 0 Å². The van der Waals surface area contributed by atoms with Crippen LogP contribution in [0.3, 0.4) is 0 Å². The minimum Gasteiger partial charge on any atom is -0.204 e. The van der Waals surface area contributed by atoms with Crippen molar-refractivity contribution in [3.8, 4) is 22.3 Å². The lowest BCUT2D eigenvalue weighted by molar-refractivity contribution is 0.381. The number of benzene rings is 3. The molecule has 0 aliphatic rings. The summed E-state index contributed by atoms with van der Waals surface area (Å²) in [7, 11) is 0. The molecule has 27 heavy (non-hydrogen) atoms. The zero-order chi connectivity index (χ0) is 20.0. The summed E-state index contributed by atoms with van der Waals surface area (Å²) in [6.07, 6.45) is 0. The van der Waals surface area contributed by atoms with Gasteiger partial charge in [0.2, 0.25) is 5.82 Å². The Labute approximate surface area is 145 Å². The van der Waals surface area contributed by atoms with E-state index in [0.29, 0.717) is 6.07 Å². The van der Waals surface area contributed by atoms with Gasteiger partial charge in [0.1, 0.15) is 0 Å². The molecule has 0 aromatic heterocycles. The lowest BCUT2D eigenvalue weighted by Crippen LogP contribution is -2.04. The van der Waals surface area contributed by atoms with Gasteiger partial charge in [0.15, 0.2) is 46.5 Å². The highest BCUT2D eigenvalue weighted by atomic mass is 19.2. The number of hydrogen-bond donors (Lipinski definition) is 0. The molecule has 3 aromatic rings. The highest BCUT2D eigenvalue weighted by Crippen LogP contribution is 2.35. The van der Waals surface area contributed by atoms with E-state index in [0.717, 1.165) is 24.3 Å². The Hall–Kier alpha value is -2.97. The van der Waals surface area contributed by atoms with Gasteiger partial charge in [-0.3, -0.25) is 0 Å².